The van der Waals surface area contributed by atoms with Crippen molar-refractivity contribution >= 4 is 33.1 Å². The number of ether oxygens (including phenoxy) is 1. The minimum Gasteiger partial charge on any atom is -0.467 e. The molecule has 2 heterocycles. The van der Waals surface area contributed by atoms with E-state index in [9.17, 15) is 4.79 Å². The monoisotopic (exact) mass is 353 g/mol. The number of thiophene rings is 1. The van der Waals surface area contributed by atoms with Crippen molar-refractivity contribution < 1.29 is 9.53 Å². The number of rotatable bonds is 4. The summed E-state index contributed by atoms with van der Waals surface area (Å²) in [5.41, 5.74) is 4.42. The van der Waals surface area contributed by atoms with E-state index in [-0.39, 0.29) is 12.5 Å². The molecular weight excluding hydrogens is 334 g/mol. The van der Waals surface area contributed by atoms with Gasteiger partial charge in [0, 0.05) is 10.6 Å². The van der Waals surface area contributed by atoms with Crippen LogP contribution in [0.3, 0.4) is 0 Å². The van der Waals surface area contributed by atoms with E-state index in [0.717, 1.165) is 34.3 Å². The molecule has 0 unspecified atom stereocenters. The molecule has 6 heteroatoms. The van der Waals surface area contributed by atoms with E-state index in [1.54, 1.807) is 11.3 Å². The van der Waals surface area contributed by atoms with Gasteiger partial charge in [-0.1, -0.05) is 6.07 Å². The molecule has 0 saturated heterocycles. The Labute approximate surface area is 150 Å². The van der Waals surface area contributed by atoms with Gasteiger partial charge in [0.05, 0.1) is 5.39 Å². The first kappa shape index (κ1) is 16.0. The normalized spacial score (nSPS) is 13.0. The van der Waals surface area contributed by atoms with Crippen LogP contribution in [0.5, 0.6) is 5.88 Å². The molecule has 0 fully saturated rings. The van der Waals surface area contributed by atoms with E-state index in [4.69, 9.17) is 4.74 Å². The molecule has 1 aliphatic carbocycles. The Bertz CT molecular complexity index is 965. The van der Waals surface area contributed by atoms with E-state index in [2.05, 4.69) is 15.3 Å². The molecule has 128 valence electrons. The second-order valence-electron chi connectivity index (χ2n) is 6.35. The Balaban J connectivity index is 1.48. The fraction of sp³-hybridized carbons (Fsp3) is 0.316. The van der Waals surface area contributed by atoms with Gasteiger partial charge in [-0.15, -0.1) is 11.3 Å². The summed E-state index contributed by atoms with van der Waals surface area (Å²) in [6.07, 6.45) is 4.81. The molecule has 0 aliphatic heterocycles. The molecule has 0 radical (unpaired) electrons. The highest BCUT2D eigenvalue weighted by molar-refractivity contribution is 7.18. The first-order valence-electron chi connectivity index (χ1n) is 8.37. The third-order valence-corrected chi connectivity index (χ3v) is 5.80. The van der Waals surface area contributed by atoms with Crippen molar-refractivity contribution in [1.29, 1.82) is 0 Å². The Hall–Kier alpha value is -2.47. The molecule has 1 aromatic carbocycles. The van der Waals surface area contributed by atoms with E-state index < -0.39 is 0 Å². The van der Waals surface area contributed by atoms with Crippen molar-refractivity contribution in [2.75, 3.05) is 11.9 Å². The number of nitrogens with one attached hydrogen (secondary N) is 1. The highest BCUT2D eigenvalue weighted by Gasteiger charge is 2.22. The number of nitrogens with zero attached hydrogens (tertiary/aromatic N) is 2. The molecule has 1 aliphatic rings. The van der Waals surface area contributed by atoms with Crippen molar-refractivity contribution in [1.82, 2.24) is 9.97 Å². The van der Waals surface area contributed by atoms with E-state index in [1.165, 1.54) is 28.8 Å². The zero-order chi connectivity index (χ0) is 17.4. The van der Waals surface area contributed by atoms with E-state index in [0.29, 0.717) is 5.88 Å². The maximum absolute atomic E-state index is 12.2. The van der Waals surface area contributed by atoms with Crippen molar-refractivity contribution in [3.8, 4) is 5.88 Å². The highest BCUT2D eigenvalue weighted by atomic mass is 32.1. The molecule has 1 N–H and O–H groups in total. The van der Waals surface area contributed by atoms with Crippen molar-refractivity contribution in [3.63, 3.8) is 0 Å². The molecule has 3 aromatic rings. The predicted molar refractivity (Wildman–Crippen MR) is 99.5 cm³/mol. The number of hydrogen-bond donors (Lipinski definition) is 1. The number of hydrogen-bond acceptors (Lipinski definition) is 5. The SMILES string of the molecule is Cc1ccc(NC(=O)COc2ncnc3sc4c(c23)CCC4)cc1C. The summed E-state index contributed by atoms with van der Waals surface area (Å²) in [5.74, 6) is 0.321. The van der Waals surface area contributed by atoms with Gasteiger partial charge in [0.1, 0.15) is 11.2 Å². The highest BCUT2D eigenvalue weighted by Crippen LogP contribution is 2.39. The minimum atomic E-state index is -0.193. The molecular formula is C19H19N3O2S. The molecule has 0 saturated carbocycles. The van der Waals surface area contributed by atoms with Crippen LogP contribution in [0, 0.1) is 13.8 Å². The van der Waals surface area contributed by atoms with Crippen LogP contribution in [-0.4, -0.2) is 22.5 Å². The van der Waals surface area contributed by atoms with Crippen LogP contribution in [0.1, 0.15) is 28.0 Å². The van der Waals surface area contributed by atoms with Crippen LogP contribution in [-0.2, 0) is 17.6 Å². The lowest BCUT2D eigenvalue weighted by Crippen LogP contribution is -2.20. The molecule has 2 aromatic heterocycles. The van der Waals surface area contributed by atoms with Gasteiger partial charge in [-0.2, -0.15) is 0 Å². The lowest BCUT2D eigenvalue weighted by atomic mass is 10.1. The number of aryl methyl sites for hydroxylation is 4. The quantitative estimate of drug-likeness (QED) is 0.774. The van der Waals surface area contributed by atoms with E-state index in [1.807, 2.05) is 32.0 Å². The largest absolute Gasteiger partial charge is 0.467 e. The van der Waals surface area contributed by atoms with Gasteiger partial charge >= 0.3 is 0 Å². The molecule has 4 rings (SSSR count). The van der Waals surface area contributed by atoms with Gasteiger partial charge in [-0.25, -0.2) is 9.97 Å². The molecule has 0 bridgehead atoms. The zero-order valence-electron chi connectivity index (χ0n) is 14.3. The maximum atomic E-state index is 12.2. The molecule has 1 amide bonds. The Kier molecular flexibility index (Phi) is 4.13. The minimum absolute atomic E-state index is 0.0658. The van der Waals surface area contributed by atoms with Gasteiger partial charge in [0.2, 0.25) is 5.88 Å². The molecule has 5 nitrogen and oxygen atoms in total. The summed E-state index contributed by atoms with van der Waals surface area (Å²) >= 11 is 1.71. The average molecular weight is 353 g/mol. The fourth-order valence-electron chi connectivity index (χ4n) is 3.16. The second kappa shape index (κ2) is 6.44. The lowest BCUT2D eigenvalue weighted by molar-refractivity contribution is -0.118. The van der Waals surface area contributed by atoms with Crippen LogP contribution < -0.4 is 10.1 Å². The number of anilines is 1. The van der Waals surface area contributed by atoms with Crippen molar-refractivity contribution in [3.05, 3.63) is 46.1 Å². The van der Waals surface area contributed by atoms with Crippen LogP contribution >= 0.6 is 11.3 Å². The van der Waals surface area contributed by atoms with Crippen LogP contribution in [0.4, 0.5) is 5.69 Å². The van der Waals surface area contributed by atoms with Gasteiger partial charge in [0.15, 0.2) is 6.61 Å². The molecule has 25 heavy (non-hydrogen) atoms. The number of benzene rings is 1. The number of aromatic nitrogens is 2. The maximum Gasteiger partial charge on any atom is 0.262 e. The standard InChI is InChI=1S/C19H19N3O2S/c1-11-6-7-13(8-12(11)2)22-16(23)9-24-18-17-14-4-3-5-15(14)25-19(17)21-10-20-18/h6-8,10H,3-5,9H2,1-2H3,(H,22,23). The average Bonchev–Trinajstić information content (AvgIpc) is 3.17. The Morgan fingerprint density at radius 3 is 2.96 bits per heavy atom. The number of fused-ring (bicyclic) bond motifs is 3. The Morgan fingerprint density at radius 1 is 1.24 bits per heavy atom. The molecule has 0 spiro atoms. The van der Waals surface area contributed by atoms with E-state index >= 15 is 0 Å². The smallest absolute Gasteiger partial charge is 0.262 e. The van der Waals surface area contributed by atoms with Crippen molar-refractivity contribution in [2.24, 2.45) is 0 Å². The summed E-state index contributed by atoms with van der Waals surface area (Å²) in [5, 5.41) is 3.85. The first-order valence-corrected chi connectivity index (χ1v) is 9.18. The van der Waals surface area contributed by atoms with Gasteiger partial charge in [-0.05, 0) is 61.9 Å². The van der Waals surface area contributed by atoms with Crippen LogP contribution in [0.15, 0.2) is 24.5 Å². The Morgan fingerprint density at radius 2 is 2.12 bits per heavy atom. The third-order valence-electron chi connectivity index (χ3n) is 4.60. The number of carbonyl (C=O) groups is 1. The third kappa shape index (κ3) is 3.09. The van der Waals surface area contributed by atoms with Gasteiger partial charge in [0.25, 0.3) is 5.91 Å². The first-order chi connectivity index (χ1) is 12.1. The van der Waals surface area contributed by atoms with Gasteiger partial charge in [-0.3, -0.25) is 4.79 Å². The van der Waals surface area contributed by atoms with Crippen LogP contribution in [0.25, 0.3) is 10.2 Å². The lowest BCUT2D eigenvalue weighted by Gasteiger charge is -2.09. The van der Waals surface area contributed by atoms with Gasteiger partial charge < -0.3 is 10.1 Å². The topological polar surface area (TPSA) is 64.1 Å². The fourth-order valence-corrected chi connectivity index (χ4v) is 4.38. The summed E-state index contributed by atoms with van der Waals surface area (Å²) in [6, 6.07) is 5.85. The summed E-state index contributed by atoms with van der Waals surface area (Å²) in [6.45, 7) is 4.00. The summed E-state index contributed by atoms with van der Waals surface area (Å²) in [4.78, 5) is 23.1. The number of carbonyl (C=O) groups excluding carboxylic acids is 1. The summed E-state index contributed by atoms with van der Waals surface area (Å²) < 4.78 is 5.73. The summed E-state index contributed by atoms with van der Waals surface area (Å²) in [7, 11) is 0. The van der Waals surface area contributed by atoms with Crippen LogP contribution in [0.2, 0.25) is 0 Å². The predicted octanol–water partition coefficient (Wildman–Crippen LogP) is 3.81. The zero-order valence-corrected chi connectivity index (χ0v) is 15.1. The number of amides is 1. The van der Waals surface area contributed by atoms with Crippen molar-refractivity contribution in [2.45, 2.75) is 33.1 Å². The molecule has 0 atom stereocenters. The second-order valence-corrected chi connectivity index (χ2v) is 7.44.